The Labute approximate surface area is 492 Å². The van der Waals surface area contributed by atoms with Gasteiger partial charge in [0, 0.05) is 44.6 Å². The number of thioether (sulfide) groups is 2. The maximum absolute atomic E-state index is 15.6. The van der Waals surface area contributed by atoms with Crippen molar-refractivity contribution in [1.29, 1.82) is 0 Å². The van der Waals surface area contributed by atoms with Crippen molar-refractivity contribution in [2.75, 3.05) is 23.4 Å². The molecular weight excluding hydrogens is 1090 g/mol. The van der Waals surface area contributed by atoms with Crippen molar-refractivity contribution >= 4 is 69.5 Å². The van der Waals surface area contributed by atoms with Crippen LogP contribution in [0.25, 0.3) is 0 Å². The number of anilines is 1. The highest BCUT2D eigenvalue weighted by Gasteiger charge is 2.55. The van der Waals surface area contributed by atoms with Crippen LogP contribution in [0.4, 0.5) is 5.13 Å². The number of benzene rings is 8. The molecule has 4 heterocycles. The van der Waals surface area contributed by atoms with E-state index in [0.29, 0.717) is 21.5 Å². The standard InChI is InChI=1S/C68H53N5O7S3/c74-57-41-46(42-78-57)43-81-56-45-82-64-59(63(76)73(64)60(56)65(77)79-61(47-25-9-1-10-26-47)48-27-11-2-12-28-48)70-62(75)58(72-80-68(52-35-19-6-20-36-52,53-37-21-7-22-38-53)54-39-23-8-24-40-54)55-44-83-66(69-55)71-67(49-29-13-3-14-30-49,50-31-15-4-16-32-50)51-33-17-5-18-34-51/h1-41,44,59,61,64H,42-43,45H2,(H,69,71)(H,70,75)/t59-,64+/m1/s1. The van der Waals surface area contributed by atoms with Gasteiger partial charge in [-0.1, -0.05) is 248 Å². The van der Waals surface area contributed by atoms with Gasteiger partial charge in [-0.15, -0.1) is 34.9 Å². The highest BCUT2D eigenvalue weighted by atomic mass is 32.2. The van der Waals surface area contributed by atoms with Crippen LogP contribution in [-0.2, 0) is 44.6 Å². The number of hydrogen-bond acceptors (Lipinski definition) is 13. The molecule has 12 nitrogen and oxygen atoms in total. The number of thiazole rings is 1. The summed E-state index contributed by atoms with van der Waals surface area (Å²) < 4.78 is 11.6. The van der Waals surface area contributed by atoms with Crippen LogP contribution in [0, 0.1) is 0 Å². The van der Waals surface area contributed by atoms with Gasteiger partial charge < -0.3 is 24.9 Å². The number of aromatic nitrogens is 1. The first kappa shape index (κ1) is 54.3. The second-order valence-corrected chi connectivity index (χ2v) is 22.8. The van der Waals surface area contributed by atoms with Crippen LogP contribution in [-0.4, -0.2) is 68.9 Å². The van der Waals surface area contributed by atoms with Gasteiger partial charge in [0.1, 0.15) is 35.0 Å². The smallest absolute Gasteiger partial charge is 0.356 e. The number of cyclic esters (lactones) is 1. The number of carbonyl (C=O) groups excluding carboxylic acids is 4. The summed E-state index contributed by atoms with van der Waals surface area (Å²) in [5, 5.41) is 13.3. The summed E-state index contributed by atoms with van der Waals surface area (Å²) in [5.41, 5.74) is 5.03. The van der Waals surface area contributed by atoms with Crippen LogP contribution < -0.4 is 10.6 Å². The molecule has 8 aromatic carbocycles. The third-order valence-corrected chi connectivity index (χ3v) is 18.1. The van der Waals surface area contributed by atoms with Crippen LogP contribution in [0.1, 0.15) is 56.3 Å². The molecule has 410 valence electrons. The fraction of sp³-hybridized carbons (Fsp3) is 0.118. The van der Waals surface area contributed by atoms with Crippen molar-refractivity contribution in [3.8, 4) is 0 Å². The van der Waals surface area contributed by atoms with E-state index in [1.807, 2.05) is 206 Å². The zero-order valence-electron chi connectivity index (χ0n) is 44.5. The fourth-order valence-corrected chi connectivity index (χ4v) is 14.0. The summed E-state index contributed by atoms with van der Waals surface area (Å²) in [6.45, 7) is 0.136. The average Bonchev–Trinajstić information content (AvgIpc) is 4.15. The van der Waals surface area contributed by atoms with E-state index in [0.717, 1.165) is 50.1 Å². The Hall–Kier alpha value is -9.28. The molecule has 0 bridgehead atoms. The summed E-state index contributed by atoms with van der Waals surface area (Å²) >= 11 is 4.04. The lowest BCUT2D eigenvalue weighted by Gasteiger charge is -2.49. The lowest BCUT2D eigenvalue weighted by Crippen LogP contribution is -2.71. The summed E-state index contributed by atoms with van der Waals surface area (Å²) in [7, 11) is 0. The maximum Gasteiger partial charge on any atom is 0.356 e. The van der Waals surface area contributed by atoms with Crippen molar-refractivity contribution < 1.29 is 33.5 Å². The zero-order chi connectivity index (χ0) is 56.6. The molecule has 2 amide bonds. The first-order chi connectivity index (χ1) is 40.8. The van der Waals surface area contributed by atoms with E-state index in [4.69, 9.17) is 24.5 Å². The van der Waals surface area contributed by atoms with Gasteiger partial charge in [-0.05, 0) is 33.4 Å². The van der Waals surface area contributed by atoms with Crippen LogP contribution in [0.5, 0.6) is 0 Å². The number of carbonyl (C=O) groups is 4. The van der Waals surface area contributed by atoms with Gasteiger partial charge in [-0.3, -0.25) is 14.5 Å². The summed E-state index contributed by atoms with van der Waals surface area (Å²) in [4.78, 5) is 71.8. The number of nitrogens with zero attached hydrogens (tertiary/aromatic N) is 3. The minimum absolute atomic E-state index is 0.0708. The number of rotatable bonds is 20. The Morgan fingerprint density at radius 1 is 0.651 bits per heavy atom. The van der Waals surface area contributed by atoms with Gasteiger partial charge in [0.05, 0.1) is 0 Å². The summed E-state index contributed by atoms with van der Waals surface area (Å²) in [6.07, 6.45) is 0.641. The van der Waals surface area contributed by atoms with Gasteiger partial charge in [-0.2, -0.15) is 0 Å². The number of oxime groups is 1. The Morgan fingerprint density at radius 3 is 1.57 bits per heavy atom. The maximum atomic E-state index is 15.6. The van der Waals surface area contributed by atoms with Gasteiger partial charge in [0.15, 0.2) is 16.9 Å². The molecule has 0 saturated carbocycles. The largest absolute Gasteiger partial charge is 0.458 e. The van der Waals surface area contributed by atoms with E-state index in [1.165, 1.54) is 45.8 Å². The van der Waals surface area contributed by atoms with Gasteiger partial charge in [0.25, 0.3) is 11.8 Å². The lowest BCUT2D eigenvalue weighted by atomic mass is 9.77. The van der Waals surface area contributed by atoms with E-state index >= 15 is 4.79 Å². The Balaban J connectivity index is 0.931. The van der Waals surface area contributed by atoms with E-state index < -0.39 is 52.4 Å². The van der Waals surface area contributed by atoms with Gasteiger partial charge >= 0.3 is 11.9 Å². The molecule has 12 rings (SSSR count). The molecule has 1 aromatic heterocycles. The molecule has 3 aliphatic heterocycles. The third-order valence-electron chi connectivity index (χ3n) is 14.7. The number of ether oxygens (including phenoxy) is 2. The van der Waals surface area contributed by atoms with Crippen LogP contribution in [0.3, 0.4) is 0 Å². The molecule has 0 aliphatic carbocycles. The molecule has 1 saturated heterocycles. The van der Waals surface area contributed by atoms with Gasteiger partial charge in [0.2, 0.25) is 5.60 Å². The molecule has 3 aliphatic rings. The first-order valence-electron chi connectivity index (χ1n) is 26.9. The summed E-state index contributed by atoms with van der Waals surface area (Å²) in [5.74, 6) is -1.76. The summed E-state index contributed by atoms with van der Waals surface area (Å²) in [6, 6.07) is 77.2. The topological polar surface area (TPSA) is 149 Å². The second-order valence-electron chi connectivity index (χ2n) is 19.8. The normalized spacial score (nSPS) is 16.1. The molecule has 15 heteroatoms. The first-order valence-corrected chi connectivity index (χ1v) is 29.8. The number of amides is 2. The number of hydrogen-bond donors (Lipinski definition) is 2. The van der Waals surface area contributed by atoms with Crippen molar-refractivity contribution in [1.82, 2.24) is 15.2 Å². The van der Waals surface area contributed by atoms with Crippen LogP contribution >= 0.6 is 34.9 Å². The Kier molecular flexibility index (Phi) is 16.0. The SMILES string of the molecule is O=C1C=C(CSC2=C(C(=O)OC(c3ccccc3)c3ccccc3)N3C(=O)[C@@H](NC(=O)C(=NOC(c4ccccc4)(c4ccccc4)c4ccccc4)c4csc(NC(c5ccccc5)(c5ccccc5)c5ccccc5)n4)[C@@H]3SC2)CO1. The molecular formula is C68H53N5O7S3. The van der Waals surface area contributed by atoms with E-state index in [-0.39, 0.29) is 23.7 Å². The highest BCUT2D eigenvalue weighted by molar-refractivity contribution is 8.06. The highest BCUT2D eigenvalue weighted by Crippen LogP contribution is 2.46. The van der Waals surface area contributed by atoms with Crippen LogP contribution in [0.2, 0.25) is 0 Å². The average molecular weight is 1150 g/mol. The Morgan fingerprint density at radius 2 is 1.11 bits per heavy atom. The minimum Gasteiger partial charge on any atom is -0.458 e. The number of β-lactam (4-membered cyclic amide) rings is 1. The van der Waals surface area contributed by atoms with Crippen molar-refractivity contribution in [2.45, 2.75) is 28.7 Å². The number of esters is 2. The minimum atomic E-state index is -1.39. The van der Waals surface area contributed by atoms with Crippen molar-refractivity contribution in [3.05, 3.63) is 320 Å². The predicted molar refractivity (Wildman–Crippen MR) is 326 cm³/mol. The van der Waals surface area contributed by atoms with Crippen molar-refractivity contribution in [3.63, 3.8) is 0 Å². The third kappa shape index (κ3) is 11.0. The van der Waals surface area contributed by atoms with E-state index in [1.54, 1.807) is 5.38 Å². The zero-order valence-corrected chi connectivity index (χ0v) is 47.0. The van der Waals surface area contributed by atoms with Gasteiger partial charge in [-0.25, -0.2) is 14.6 Å². The number of fused-ring (bicyclic) bond motifs is 1. The molecule has 2 atom stereocenters. The monoisotopic (exact) mass is 1150 g/mol. The second kappa shape index (κ2) is 24.4. The predicted octanol–water partition coefficient (Wildman–Crippen LogP) is 12.4. The molecule has 0 unspecified atom stereocenters. The molecule has 2 N–H and O–H groups in total. The fourth-order valence-electron chi connectivity index (χ4n) is 10.7. The van der Waals surface area contributed by atoms with E-state index in [9.17, 15) is 14.4 Å². The van der Waals surface area contributed by atoms with Crippen molar-refractivity contribution in [2.24, 2.45) is 5.16 Å². The van der Waals surface area contributed by atoms with E-state index in [2.05, 4.69) is 47.0 Å². The molecule has 9 aromatic rings. The van der Waals surface area contributed by atoms with Crippen LogP contribution in [0.15, 0.2) is 275 Å². The molecule has 1 fully saturated rings. The quantitative estimate of drug-likeness (QED) is 0.0247. The lowest BCUT2D eigenvalue weighted by molar-refractivity contribution is -0.154. The molecule has 83 heavy (non-hydrogen) atoms. The molecule has 0 spiro atoms. The Bertz CT molecular complexity index is 3620. The molecule has 0 radical (unpaired) electrons. The number of nitrogens with one attached hydrogen (secondary N) is 2.